The molecule has 2 N–H and O–H groups in total. The molecule has 0 saturated carbocycles. The first-order chi connectivity index (χ1) is 13.7. The van der Waals surface area contributed by atoms with Crippen molar-refractivity contribution in [1.29, 1.82) is 0 Å². The molecule has 2 heterocycles. The Balaban J connectivity index is 1.85. The predicted octanol–water partition coefficient (Wildman–Crippen LogP) is 2.02. The number of carbonyl (C=O) groups is 3. The van der Waals surface area contributed by atoms with Crippen molar-refractivity contribution in [2.75, 3.05) is 13.7 Å². The molecule has 3 rings (SSSR count). The van der Waals surface area contributed by atoms with E-state index in [4.69, 9.17) is 4.74 Å². The second-order valence-electron chi connectivity index (χ2n) is 7.74. The zero-order valence-corrected chi connectivity index (χ0v) is 17.1. The van der Waals surface area contributed by atoms with Gasteiger partial charge in [0.2, 0.25) is 5.91 Å². The summed E-state index contributed by atoms with van der Waals surface area (Å²) in [5.41, 5.74) is 1.29. The first kappa shape index (κ1) is 20.7. The summed E-state index contributed by atoms with van der Waals surface area (Å²) in [6, 6.07) is 5.67. The molecule has 1 aromatic carbocycles. The van der Waals surface area contributed by atoms with Crippen molar-refractivity contribution >= 4 is 28.7 Å². The van der Waals surface area contributed by atoms with Gasteiger partial charge in [-0.3, -0.25) is 9.59 Å². The van der Waals surface area contributed by atoms with Crippen LogP contribution in [0.15, 0.2) is 24.3 Å². The lowest BCUT2D eigenvalue weighted by molar-refractivity contribution is -0.149. The molecular formula is C21H27N3O5. The zero-order valence-electron chi connectivity index (χ0n) is 17.1. The van der Waals surface area contributed by atoms with Gasteiger partial charge < -0.3 is 24.6 Å². The van der Waals surface area contributed by atoms with E-state index in [1.807, 2.05) is 32.0 Å². The lowest BCUT2D eigenvalue weighted by atomic mass is 10.0. The smallest absolute Gasteiger partial charge is 0.326 e. The van der Waals surface area contributed by atoms with E-state index in [0.29, 0.717) is 30.8 Å². The van der Waals surface area contributed by atoms with Gasteiger partial charge in [-0.15, -0.1) is 0 Å². The Morgan fingerprint density at radius 2 is 1.97 bits per heavy atom. The second-order valence-corrected chi connectivity index (χ2v) is 7.74. The van der Waals surface area contributed by atoms with Crippen LogP contribution in [0.1, 0.15) is 37.2 Å². The van der Waals surface area contributed by atoms with Crippen LogP contribution in [0.5, 0.6) is 5.75 Å². The van der Waals surface area contributed by atoms with Crippen molar-refractivity contribution in [2.24, 2.45) is 13.0 Å². The minimum absolute atomic E-state index is 0.184. The normalized spacial score (nSPS) is 17.6. The Kier molecular flexibility index (Phi) is 5.81. The minimum atomic E-state index is -1.01. The molecule has 1 saturated heterocycles. The number of benzene rings is 1. The lowest BCUT2D eigenvalue weighted by Crippen LogP contribution is -2.53. The van der Waals surface area contributed by atoms with Gasteiger partial charge >= 0.3 is 5.97 Å². The Hall–Kier alpha value is -3.03. The van der Waals surface area contributed by atoms with Crippen LogP contribution >= 0.6 is 0 Å². The average Bonchev–Trinajstić information content (AvgIpc) is 3.30. The third-order valence-electron chi connectivity index (χ3n) is 5.52. The fraction of sp³-hybridized carbons (Fsp3) is 0.476. The first-order valence-corrected chi connectivity index (χ1v) is 9.72. The summed E-state index contributed by atoms with van der Waals surface area (Å²) in [7, 11) is 3.37. The molecule has 0 spiro atoms. The maximum absolute atomic E-state index is 13.0. The average molecular weight is 401 g/mol. The lowest BCUT2D eigenvalue weighted by Gasteiger charge is -2.29. The summed E-state index contributed by atoms with van der Waals surface area (Å²) >= 11 is 0. The van der Waals surface area contributed by atoms with E-state index >= 15 is 0 Å². The van der Waals surface area contributed by atoms with Crippen LogP contribution in [0.25, 0.3) is 10.9 Å². The number of nitrogens with one attached hydrogen (secondary N) is 1. The van der Waals surface area contributed by atoms with Crippen LogP contribution in [0.2, 0.25) is 0 Å². The monoisotopic (exact) mass is 401 g/mol. The molecule has 1 fully saturated rings. The van der Waals surface area contributed by atoms with E-state index in [1.165, 1.54) is 4.90 Å². The van der Waals surface area contributed by atoms with Crippen molar-refractivity contribution in [1.82, 2.24) is 14.8 Å². The number of hydrogen-bond donors (Lipinski definition) is 2. The van der Waals surface area contributed by atoms with Crippen molar-refractivity contribution in [3.8, 4) is 5.75 Å². The van der Waals surface area contributed by atoms with Gasteiger partial charge in [0.15, 0.2) is 0 Å². The Labute approximate surface area is 169 Å². The number of carbonyl (C=O) groups excluding carboxylic acids is 2. The third kappa shape index (κ3) is 3.92. The zero-order chi connectivity index (χ0) is 21.3. The van der Waals surface area contributed by atoms with Crippen LogP contribution in [-0.4, -0.2) is 58.1 Å². The largest absolute Gasteiger partial charge is 0.497 e. The molecule has 2 amide bonds. The highest BCUT2D eigenvalue weighted by Gasteiger charge is 2.38. The molecule has 2 aromatic rings. The van der Waals surface area contributed by atoms with Crippen LogP contribution in [0.3, 0.4) is 0 Å². The number of carboxylic acid groups (broad SMARTS) is 1. The number of aromatic nitrogens is 1. The van der Waals surface area contributed by atoms with Gasteiger partial charge in [-0.25, -0.2) is 4.79 Å². The molecule has 29 heavy (non-hydrogen) atoms. The molecule has 0 aliphatic carbocycles. The molecule has 0 radical (unpaired) electrons. The molecule has 1 aromatic heterocycles. The van der Waals surface area contributed by atoms with Gasteiger partial charge in [-0.1, -0.05) is 13.8 Å². The maximum atomic E-state index is 13.0. The van der Waals surface area contributed by atoms with Crippen LogP contribution in [0, 0.1) is 5.92 Å². The van der Waals surface area contributed by atoms with Crippen molar-refractivity contribution < 1.29 is 24.2 Å². The summed E-state index contributed by atoms with van der Waals surface area (Å²) in [6.45, 7) is 4.06. The number of carboxylic acids is 1. The molecule has 0 bridgehead atoms. The summed E-state index contributed by atoms with van der Waals surface area (Å²) in [5.74, 6) is -1.22. The topological polar surface area (TPSA) is 101 Å². The van der Waals surface area contributed by atoms with E-state index < -0.39 is 18.1 Å². The quantitative estimate of drug-likeness (QED) is 0.771. The number of aryl methyl sites for hydroxylation is 1. The number of rotatable bonds is 6. The number of aliphatic carboxylic acids is 1. The molecule has 8 heteroatoms. The first-order valence-electron chi connectivity index (χ1n) is 9.72. The van der Waals surface area contributed by atoms with Crippen LogP contribution in [-0.2, 0) is 16.6 Å². The fourth-order valence-electron chi connectivity index (χ4n) is 3.87. The molecule has 1 aliphatic rings. The van der Waals surface area contributed by atoms with Gasteiger partial charge in [0, 0.05) is 24.5 Å². The van der Waals surface area contributed by atoms with Crippen LogP contribution in [0.4, 0.5) is 0 Å². The van der Waals surface area contributed by atoms with Crippen molar-refractivity contribution in [3.05, 3.63) is 30.0 Å². The number of fused-ring (bicyclic) bond motifs is 1. The highest BCUT2D eigenvalue weighted by molar-refractivity contribution is 6.01. The van der Waals surface area contributed by atoms with E-state index in [9.17, 15) is 19.5 Å². The predicted molar refractivity (Wildman–Crippen MR) is 108 cm³/mol. The molecule has 8 nitrogen and oxygen atoms in total. The van der Waals surface area contributed by atoms with Crippen molar-refractivity contribution in [2.45, 2.75) is 38.8 Å². The van der Waals surface area contributed by atoms with Crippen molar-refractivity contribution in [3.63, 3.8) is 0 Å². The Morgan fingerprint density at radius 1 is 1.24 bits per heavy atom. The molecular weight excluding hydrogens is 374 g/mol. The maximum Gasteiger partial charge on any atom is 0.326 e. The summed E-state index contributed by atoms with van der Waals surface area (Å²) in [5, 5.41) is 13.1. The highest BCUT2D eigenvalue weighted by Crippen LogP contribution is 2.25. The summed E-state index contributed by atoms with van der Waals surface area (Å²) < 4.78 is 7.00. The molecule has 1 aliphatic heterocycles. The number of likely N-dealkylation sites (tertiary alicyclic amines) is 1. The highest BCUT2D eigenvalue weighted by atomic mass is 16.5. The molecule has 0 unspecified atom stereocenters. The fourth-order valence-corrected chi connectivity index (χ4v) is 3.87. The Morgan fingerprint density at radius 3 is 2.59 bits per heavy atom. The molecule has 156 valence electrons. The van der Waals surface area contributed by atoms with E-state index in [2.05, 4.69) is 5.32 Å². The van der Waals surface area contributed by atoms with Gasteiger partial charge in [-0.2, -0.15) is 0 Å². The van der Waals surface area contributed by atoms with E-state index in [0.717, 1.165) is 10.9 Å². The Bertz CT molecular complexity index is 949. The van der Waals surface area contributed by atoms with Gasteiger partial charge in [0.05, 0.1) is 7.11 Å². The summed E-state index contributed by atoms with van der Waals surface area (Å²) in [6.07, 6.45) is 1.08. The third-order valence-corrected chi connectivity index (χ3v) is 5.52. The SMILES string of the molecule is COc1ccc2c(c1)cc(C(=O)N[C@H](C(=O)N1CCC[C@H]1C(=O)O)C(C)C)n2C. The number of nitrogens with zero attached hydrogens (tertiary/aromatic N) is 2. The van der Waals surface area contributed by atoms with Gasteiger partial charge in [0.1, 0.15) is 23.5 Å². The van der Waals surface area contributed by atoms with E-state index in [1.54, 1.807) is 24.8 Å². The number of ether oxygens (including phenoxy) is 1. The number of amides is 2. The van der Waals surface area contributed by atoms with Gasteiger partial charge in [0.25, 0.3) is 5.91 Å². The summed E-state index contributed by atoms with van der Waals surface area (Å²) in [4.78, 5) is 38.9. The van der Waals surface area contributed by atoms with Gasteiger partial charge in [-0.05, 0) is 43.0 Å². The second kappa shape index (κ2) is 8.14. The minimum Gasteiger partial charge on any atom is -0.497 e. The van der Waals surface area contributed by atoms with Crippen LogP contribution < -0.4 is 10.1 Å². The number of methoxy groups -OCH3 is 1. The number of hydrogen-bond acceptors (Lipinski definition) is 4. The molecule has 2 atom stereocenters. The standard InChI is InChI=1S/C21H27N3O5/c1-12(2)18(20(26)24-9-5-6-16(24)21(27)28)22-19(25)17-11-13-10-14(29-4)7-8-15(13)23(17)3/h7-8,10-12,16,18H,5-6,9H2,1-4H3,(H,22,25)(H,27,28)/t16-,18-/m0/s1. The van der Waals surface area contributed by atoms with E-state index in [-0.39, 0.29) is 17.7 Å².